The number of ether oxygens (including phenoxy) is 1. The molecule has 4 aliphatic rings. The molecular formula is C29H49BrO2. The summed E-state index contributed by atoms with van der Waals surface area (Å²) in [7, 11) is 0. The summed E-state index contributed by atoms with van der Waals surface area (Å²) >= 11 is 3.26. The maximum Gasteiger partial charge on any atom is 0.316 e. The molecule has 3 heteroatoms. The van der Waals surface area contributed by atoms with E-state index in [0.29, 0.717) is 16.2 Å². The highest BCUT2D eigenvalue weighted by Gasteiger charge is 2.60. The number of alkyl halides is 1. The Labute approximate surface area is 206 Å². The standard InChI is InChI=1S/C29H49BrO2/c1-19(2)7-6-8-20(3)24-11-12-25-23-10-9-21-17-22(32-27(31)18-30)13-15-28(21,4)26(23)14-16-29(24,25)5/h19-26H,6-18H2,1-5H3/t20-,21+,22-,23+,24+,25-,26-,28+,29+/m1/s1. The number of halogens is 1. The van der Waals surface area contributed by atoms with E-state index in [1.54, 1.807) is 0 Å². The van der Waals surface area contributed by atoms with Gasteiger partial charge in [-0.3, -0.25) is 4.79 Å². The van der Waals surface area contributed by atoms with E-state index in [2.05, 4.69) is 50.5 Å². The van der Waals surface area contributed by atoms with Gasteiger partial charge in [-0.15, -0.1) is 0 Å². The van der Waals surface area contributed by atoms with Crippen molar-refractivity contribution in [3.8, 4) is 0 Å². The third-order valence-corrected chi connectivity index (χ3v) is 11.7. The van der Waals surface area contributed by atoms with E-state index in [1.165, 1.54) is 64.2 Å². The van der Waals surface area contributed by atoms with Gasteiger partial charge >= 0.3 is 5.97 Å². The zero-order valence-electron chi connectivity index (χ0n) is 21.5. The number of fused-ring (bicyclic) bond motifs is 5. The van der Waals surface area contributed by atoms with Gasteiger partial charge in [-0.1, -0.05) is 69.8 Å². The lowest BCUT2D eigenvalue weighted by Gasteiger charge is -2.61. The van der Waals surface area contributed by atoms with E-state index in [4.69, 9.17) is 4.74 Å². The van der Waals surface area contributed by atoms with Gasteiger partial charge in [-0.2, -0.15) is 0 Å². The Kier molecular flexibility index (Phi) is 7.75. The van der Waals surface area contributed by atoms with Crippen molar-refractivity contribution in [3.63, 3.8) is 0 Å². The summed E-state index contributed by atoms with van der Waals surface area (Å²) in [5.74, 6) is 6.17. The van der Waals surface area contributed by atoms with Gasteiger partial charge in [0.25, 0.3) is 0 Å². The molecule has 0 heterocycles. The topological polar surface area (TPSA) is 26.3 Å². The predicted molar refractivity (Wildman–Crippen MR) is 137 cm³/mol. The van der Waals surface area contributed by atoms with E-state index >= 15 is 0 Å². The lowest BCUT2D eigenvalue weighted by Crippen LogP contribution is -2.54. The summed E-state index contributed by atoms with van der Waals surface area (Å²) in [6, 6.07) is 0. The van der Waals surface area contributed by atoms with Gasteiger partial charge < -0.3 is 4.74 Å². The van der Waals surface area contributed by atoms with Crippen LogP contribution in [-0.4, -0.2) is 17.4 Å². The second kappa shape index (κ2) is 9.90. The molecule has 184 valence electrons. The molecule has 0 amide bonds. The molecule has 0 aromatic heterocycles. The molecule has 0 unspecified atom stereocenters. The van der Waals surface area contributed by atoms with Crippen LogP contribution in [0, 0.1) is 52.3 Å². The fourth-order valence-electron chi connectivity index (χ4n) is 9.57. The lowest BCUT2D eigenvalue weighted by molar-refractivity contribution is -0.160. The highest BCUT2D eigenvalue weighted by molar-refractivity contribution is 9.09. The van der Waals surface area contributed by atoms with Crippen LogP contribution in [0.15, 0.2) is 0 Å². The molecule has 0 aliphatic heterocycles. The van der Waals surface area contributed by atoms with Crippen molar-refractivity contribution < 1.29 is 9.53 Å². The maximum absolute atomic E-state index is 11.8. The Morgan fingerprint density at radius 2 is 1.66 bits per heavy atom. The van der Waals surface area contributed by atoms with E-state index in [0.717, 1.165) is 54.3 Å². The zero-order chi connectivity index (χ0) is 23.1. The number of esters is 1. The smallest absolute Gasteiger partial charge is 0.316 e. The van der Waals surface area contributed by atoms with Crippen LogP contribution in [-0.2, 0) is 9.53 Å². The second-order valence-corrected chi connectivity index (χ2v) is 13.8. The van der Waals surface area contributed by atoms with Gasteiger partial charge in [0.2, 0.25) is 0 Å². The minimum atomic E-state index is -0.0831. The van der Waals surface area contributed by atoms with Crippen LogP contribution >= 0.6 is 15.9 Å². The lowest BCUT2D eigenvalue weighted by atomic mass is 9.44. The predicted octanol–water partition coefficient (Wildman–Crippen LogP) is 8.41. The van der Waals surface area contributed by atoms with Crippen LogP contribution in [0.1, 0.15) is 112 Å². The fourth-order valence-corrected chi connectivity index (χ4v) is 9.70. The SMILES string of the molecule is CC(C)CCC[C@@H](C)[C@@H]1CC[C@@H]2[C@@H]3CC[C@H]4C[C@H](OC(=O)CBr)CC[C@]4(C)[C@@H]3CC[C@]21C. The van der Waals surface area contributed by atoms with E-state index in [1.807, 2.05) is 0 Å². The molecule has 0 spiro atoms. The summed E-state index contributed by atoms with van der Waals surface area (Å²) in [5, 5.41) is 0.327. The monoisotopic (exact) mass is 508 g/mol. The number of carbonyl (C=O) groups is 1. The Balaban J connectivity index is 1.42. The number of carbonyl (C=O) groups excluding carboxylic acids is 1. The average Bonchev–Trinajstić information content (AvgIpc) is 3.11. The molecule has 0 aromatic carbocycles. The third kappa shape index (κ3) is 4.59. The quantitative estimate of drug-likeness (QED) is 0.254. The fraction of sp³-hybridized carbons (Fsp3) is 0.966. The van der Waals surface area contributed by atoms with Crippen LogP contribution in [0.5, 0.6) is 0 Å². The van der Waals surface area contributed by atoms with Gasteiger partial charge in [0.05, 0.1) is 0 Å². The molecule has 4 saturated carbocycles. The molecule has 2 nitrogen and oxygen atoms in total. The number of hydrogen-bond acceptors (Lipinski definition) is 2. The van der Waals surface area contributed by atoms with Crippen LogP contribution in [0.3, 0.4) is 0 Å². The van der Waals surface area contributed by atoms with Crippen molar-refractivity contribution in [2.75, 3.05) is 5.33 Å². The molecule has 0 bridgehead atoms. The molecule has 4 fully saturated rings. The van der Waals surface area contributed by atoms with Crippen molar-refractivity contribution in [2.24, 2.45) is 52.3 Å². The van der Waals surface area contributed by atoms with Crippen molar-refractivity contribution in [1.29, 1.82) is 0 Å². The Morgan fingerprint density at radius 3 is 2.38 bits per heavy atom. The molecule has 0 radical (unpaired) electrons. The summed E-state index contributed by atoms with van der Waals surface area (Å²) in [6.07, 6.45) is 16.5. The van der Waals surface area contributed by atoms with E-state index < -0.39 is 0 Å². The van der Waals surface area contributed by atoms with Crippen molar-refractivity contribution in [1.82, 2.24) is 0 Å². The first-order valence-corrected chi connectivity index (χ1v) is 15.1. The van der Waals surface area contributed by atoms with Crippen LogP contribution in [0.2, 0.25) is 0 Å². The normalized spacial score (nSPS) is 44.5. The molecular weight excluding hydrogens is 460 g/mol. The molecule has 0 saturated heterocycles. The molecule has 0 aromatic rings. The van der Waals surface area contributed by atoms with Gasteiger partial charge in [-0.25, -0.2) is 0 Å². The average molecular weight is 510 g/mol. The van der Waals surface area contributed by atoms with Crippen LogP contribution in [0.4, 0.5) is 0 Å². The first-order valence-electron chi connectivity index (χ1n) is 13.9. The summed E-state index contributed by atoms with van der Waals surface area (Å²) in [6.45, 7) is 12.7. The van der Waals surface area contributed by atoms with Gasteiger partial charge in [-0.05, 0) is 110 Å². The minimum absolute atomic E-state index is 0.0831. The summed E-state index contributed by atoms with van der Waals surface area (Å²) in [4.78, 5) is 11.8. The largest absolute Gasteiger partial charge is 0.462 e. The molecule has 32 heavy (non-hydrogen) atoms. The Morgan fingerprint density at radius 1 is 0.938 bits per heavy atom. The Hall–Kier alpha value is -0.0500. The minimum Gasteiger partial charge on any atom is -0.462 e. The van der Waals surface area contributed by atoms with Crippen molar-refractivity contribution in [3.05, 3.63) is 0 Å². The molecule has 4 rings (SSSR count). The van der Waals surface area contributed by atoms with E-state index in [9.17, 15) is 4.79 Å². The van der Waals surface area contributed by atoms with Gasteiger partial charge in [0.1, 0.15) is 11.4 Å². The Bertz CT molecular complexity index is 662. The number of hydrogen-bond donors (Lipinski definition) is 0. The first-order chi connectivity index (χ1) is 15.2. The second-order valence-electron chi connectivity index (χ2n) is 13.2. The van der Waals surface area contributed by atoms with Crippen LogP contribution in [0.25, 0.3) is 0 Å². The van der Waals surface area contributed by atoms with Crippen molar-refractivity contribution >= 4 is 21.9 Å². The van der Waals surface area contributed by atoms with Crippen LogP contribution < -0.4 is 0 Å². The van der Waals surface area contributed by atoms with Gasteiger partial charge in [0, 0.05) is 0 Å². The maximum atomic E-state index is 11.8. The van der Waals surface area contributed by atoms with E-state index in [-0.39, 0.29) is 12.1 Å². The number of rotatable bonds is 7. The third-order valence-electron chi connectivity index (χ3n) is 11.2. The highest BCUT2D eigenvalue weighted by atomic mass is 79.9. The summed E-state index contributed by atoms with van der Waals surface area (Å²) < 4.78 is 5.76. The highest BCUT2D eigenvalue weighted by Crippen LogP contribution is 2.68. The van der Waals surface area contributed by atoms with Crippen molar-refractivity contribution in [2.45, 2.75) is 118 Å². The van der Waals surface area contributed by atoms with Gasteiger partial charge in [0.15, 0.2) is 0 Å². The molecule has 0 N–H and O–H groups in total. The zero-order valence-corrected chi connectivity index (χ0v) is 23.1. The summed E-state index contributed by atoms with van der Waals surface area (Å²) in [5.41, 5.74) is 1.06. The molecule has 9 atom stereocenters. The molecule has 4 aliphatic carbocycles. The first kappa shape index (κ1) is 25.1.